The lowest BCUT2D eigenvalue weighted by Gasteiger charge is -2.10. The number of rotatable bonds is 6. The smallest absolute Gasteiger partial charge is 0.227 e. The van der Waals surface area contributed by atoms with Gasteiger partial charge in [0.2, 0.25) is 11.8 Å². The van der Waals surface area contributed by atoms with E-state index < -0.39 is 0 Å². The fourth-order valence-corrected chi connectivity index (χ4v) is 1.77. The second-order valence-electron chi connectivity index (χ2n) is 5.32. The monoisotopic (exact) mass is 275 g/mol. The summed E-state index contributed by atoms with van der Waals surface area (Å²) < 4.78 is 0. The lowest BCUT2D eigenvalue weighted by atomic mass is 10.1. The summed E-state index contributed by atoms with van der Waals surface area (Å²) >= 11 is 0. The van der Waals surface area contributed by atoms with Gasteiger partial charge in [-0.2, -0.15) is 0 Å². The van der Waals surface area contributed by atoms with Crippen LogP contribution in [0, 0.1) is 11.8 Å². The van der Waals surface area contributed by atoms with E-state index in [-0.39, 0.29) is 23.7 Å². The Kier molecular flexibility index (Phi) is 4.74. The first-order valence-electron chi connectivity index (χ1n) is 6.97. The number of nitrogens with two attached hydrogens (primary N) is 1. The molecular weight excluding hydrogens is 254 g/mol. The van der Waals surface area contributed by atoms with Gasteiger partial charge >= 0.3 is 0 Å². The molecule has 1 aliphatic carbocycles. The van der Waals surface area contributed by atoms with Crippen LogP contribution in [-0.2, 0) is 16.1 Å². The highest BCUT2D eigenvalue weighted by atomic mass is 16.2. The number of carbonyl (C=O) groups is 2. The summed E-state index contributed by atoms with van der Waals surface area (Å²) in [6.07, 6.45) is 1.99. The molecule has 1 fully saturated rings. The van der Waals surface area contributed by atoms with Crippen LogP contribution >= 0.6 is 0 Å². The quantitative estimate of drug-likeness (QED) is 0.730. The Bertz CT molecular complexity index is 480. The molecule has 2 rings (SSSR count). The molecule has 1 unspecified atom stereocenters. The average molecular weight is 275 g/mol. The van der Waals surface area contributed by atoms with Gasteiger partial charge in [-0.3, -0.25) is 9.59 Å². The normalized spacial score (nSPS) is 15.5. The fourth-order valence-electron chi connectivity index (χ4n) is 1.77. The molecule has 4 N–H and O–H groups in total. The molecule has 0 heterocycles. The molecule has 0 spiro atoms. The standard InChI is InChI=1S/C15H21N3O2/c1-10(8-16)14(19)17-9-11-2-6-13(7-3-11)18-15(20)12-4-5-12/h2-3,6-7,10,12H,4-5,8-9,16H2,1H3,(H,17,19)(H,18,20). The third kappa shape index (κ3) is 4.06. The molecule has 1 aliphatic rings. The largest absolute Gasteiger partial charge is 0.352 e. The van der Waals surface area contributed by atoms with Crippen molar-refractivity contribution in [1.29, 1.82) is 0 Å². The minimum atomic E-state index is -0.174. The van der Waals surface area contributed by atoms with Gasteiger partial charge in [-0.05, 0) is 30.5 Å². The molecule has 108 valence electrons. The van der Waals surface area contributed by atoms with Crippen molar-refractivity contribution < 1.29 is 9.59 Å². The van der Waals surface area contributed by atoms with Gasteiger partial charge in [-0.25, -0.2) is 0 Å². The minimum Gasteiger partial charge on any atom is -0.352 e. The molecule has 1 aromatic carbocycles. The summed E-state index contributed by atoms with van der Waals surface area (Å²) in [4.78, 5) is 23.2. The second-order valence-corrected chi connectivity index (χ2v) is 5.32. The van der Waals surface area contributed by atoms with E-state index in [0.717, 1.165) is 24.1 Å². The van der Waals surface area contributed by atoms with E-state index in [1.54, 1.807) is 6.92 Å². The number of hydrogen-bond acceptors (Lipinski definition) is 3. The number of benzene rings is 1. The van der Waals surface area contributed by atoms with E-state index in [9.17, 15) is 9.59 Å². The van der Waals surface area contributed by atoms with Crippen molar-refractivity contribution in [3.8, 4) is 0 Å². The van der Waals surface area contributed by atoms with E-state index in [2.05, 4.69) is 10.6 Å². The maximum atomic E-state index is 11.6. The molecule has 1 atom stereocenters. The predicted molar refractivity (Wildman–Crippen MR) is 77.9 cm³/mol. The van der Waals surface area contributed by atoms with Gasteiger partial charge in [0, 0.05) is 30.6 Å². The molecule has 1 aromatic rings. The second kappa shape index (κ2) is 6.52. The van der Waals surface area contributed by atoms with Gasteiger partial charge in [-0.1, -0.05) is 19.1 Å². The first-order valence-corrected chi connectivity index (χ1v) is 6.97. The summed E-state index contributed by atoms with van der Waals surface area (Å²) in [6, 6.07) is 7.51. The molecule has 1 saturated carbocycles. The average Bonchev–Trinajstić information content (AvgIpc) is 3.30. The number of anilines is 1. The van der Waals surface area contributed by atoms with E-state index in [0.29, 0.717) is 13.1 Å². The minimum absolute atomic E-state index is 0.0430. The van der Waals surface area contributed by atoms with Crippen LogP contribution in [0.5, 0.6) is 0 Å². The van der Waals surface area contributed by atoms with Gasteiger partial charge in [0.1, 0.15) is 0 Å². The highest BCUT2D eigenvalue weighted by Gasteiger charge is 2.29. The van der Waals surface area contributed by atoms with Gasteiger partial charge in [-0.15, -0.1) is 0 Å². The van der Waals surface area contributed by atoms with Crippen LogP contribution < -0.4 is 16.4 Å². The third-order valence-corrected chi connectivity index (χ3v) is 3.44. The van der Waals surface area contributed by atoms with Gasteiger partial charge in [0.15, 0.2) is 0 Å². The molecule has 20 heavy (non-hydrogen) atoms. The van der Waals surface area contributed by atoms with Gasteiger partial charge < -0.3 is 16.4 Å². The Labute approximate surface area is 118 Å². The molecule has 0 aromatic heterocycles. The number of carbonyl (C=O) groups excluding carboxylic acids is 2. The summed E-state index contributed by atoms with van der Waals surface area (Å²) in [6.45, 7) is 2.61. The van der Waals surface area contributed by atoms with E-state index in [1.807, 2.05) is 24.3 Å². The maximum absolute atomic E-state index is 11.6. The zero-order valence-electron chi connectivity index (χ0n) is 11.7. The zero-order chi connectivity index (χ0) is 14.5. The van der Waals surface area contributed by atoms with Crippen LogP contribution in [0.25, 0.3) is 0 Å². The molecule has 5 nitrogen and oxygen atoms in total. The highest BCUT2D eigenvalue weighted by molar-refractivity contribution is 5.94. The van der Waals surface area contributed by atoms with Crippen LogP contribution in [0.15, 0.2) is 24.3 Å². The Morgan fingerprint density at radius 2 is 1.95 bits per heavy atom. The van der Waals surface area contributed by atoms with Crippen molar-refractivity contribution in [3.63, 3.8) is 0 Å². The first-order chi connectivity index (χ1) is 9.60. The van der Waals surface area contributed by atoms with Crippen LogP contribution in [-0.4, -0.2) is 18.4 Å². The lowest BCUT2D eigenvalue weighted by Crippen LogP contribution is -2.32. The number of hydrogen-bond donors (Lipinski definition) is 3. The van der Waals surface area contributed by atoms with Crippen LogP contribution in [0.2, 0.25) is 0 Å². The van der Waals surface area contributed by atoms with Crippen molar-refractivity contribution >= 4 is 17.5 Å². The van der Waals surface area contributed by atoms with Crippen molar-refractivity contribution in [2.75, 3.05) is 11.9 Å². The molecule has 5 heteroatoms. The highest BCUT2D eigenvalue weighted by Crippen LogP contribution is 2.30. The summed E-state index contributed by atoms with van der Waals surface area (Å²) in [5.41, 5.74) is 7.23. The van der Waals surface area contributed by atoms with E-state index in [4.69, 9.17) is 5.73 Å². The Balaban J connectivity index is 1.81. The van der Waals surface area contributed by atoms with Crippen molar-refractivity contribution in [3.05, 3.63) is 29.8 Å². The maximum Gasteiger partial charge on any atom is 0.227 e. The van der Waals surface area contributed by atoms with E-state index in [1.165, 1.54) is 0 Å². The predicted octanol–water partition coefficient (Wildman–Crippen LogP) is 1.25. The molecule has 0 saturated heterocycles. The topological polar surface area (TPSA) is 84.2 Å². The first kappa shape index (κ1) is 14.5. The summed E-state index contributed by atoms with van der Waals surface area (Å²) in [7, 11) is 0. The molecule has 0 aliphatic heterocycles. The van der Waals surface area contributed by atoms with Crippen molar-refractivity contribution in [1.82, 2.24) is 5.32 Å². The Morgan fingerprint density at radius 3 is 2.50 bits per heavy atom. The van der Waals surface area contributed by atoms with Crippen LogP contribution in [0.4, 0.5) is 5.69 Å². The SMILES string of the molecule is CC(CN)C(=O)NCc1ccc(NC(=O)C2CC2)cc1. The molecule has 0 bridgehead atoms. The zero-order valence-corrected chi connectivity index (χ0v) is 11.7. The van der Waals surface area contributed by atoms with Crippen molar-refractivity contribution in [2.24, 2.45) is 17.6 Å². The van der Waals surface area contributed by atoms with Gasteiger partial charge in [0.05, 0.1) is 0 Å². The van der Waals surface area contributed by atoms with Crippen molar-refractivity contribution in [2.45, 2.75) is 26.3 Å². The van der Waals surface area contributed by atoms with Gasteiger partial charge in [0.25, 0.3) is 0 Å². The number of amides is 2. The lowest BCUT2D eigenvalue weighted by molar-refractivity contribution is -0.124. The fraction of sp³-hybridized carbons (Fsp3) is 0.467. The Morgan fingerprint density at radius 1 is 1.30 bits per heavy atom. The Hall–Kier alpha value is -1.88. The molecular formula is C15H21N3O2. The van der Waals surface area contributed by atoms with Crippen LogP contribution in [0.3, 0.4) is 0 Å². The third-order valence-electron chi connectivity index (χ3n) is 3.44. The summed E-state index contributed by atoms with van der Waals surface area (Å²) in [5.74, 6) is 0.0836. The molecule has 2 amide bonds. The number of nitrogens with one attached hydrogen (secondary N) is 2. The summed E-state index contributed by atoms with van der Waals surface area (Å²) in [5, 5.41) is 5.71. The van der Waals surface area contributed by atoms with E-state index >= 15 is 0 Å². The van der Waals surface area contributed by atoms with Crippen LogP contribution in [0.1, 0.15) is 25.3 Å². The molecule has 0 radical (unpaired) electrons.